The van der Waals surface area contributed by atoms with Crippen LogP contribution in [0, 0.1) is 12.3 Å². The van der Waals surface area contributed by atoms with Crippen LogP contribution < -0.4 is 10.6 Å². The second kappa shape index (κ2) is 5.37. The first-order valence-electron chi connectivity index (χ1n) is 7.00. The van der Waals surface area contributed by atoms with Crippen LogP contribution in [0.5, 0.6) is 0 Å². The van der Waals surface area contributed by atoms with E-state index in [-0.39, 0.29) is 17.4 Å². The summed E-state index contributed by atoms with van der Waals surface area (Å²) < 4.78 is 5.77. The normalized spacial score (nSPS) is 20.9. The van der Waals surface area contributed by atoms with Crippen LogP contribution in [0.1, 0.15) is 50.3 Å². The van der Waals surface area contributed by atoms with Crippen molar-refractivity contribution in [1.29, 1.82) is 0 Å². The van der Waals surface area contributed by atoms with Crippen LogP contribution in [0.2, 0.25) is 0 Å². The molecule has 0 saturated heterocycles. The van der Waals surface area contributed by atoms with Gasteiger partial charge in [0.2, 0.25) is 5.91 Å². The molecule has 1 aliphatic rings. The zero-order valence-corrected chi connectivity index (χ0v) is 12.3. The molecule has 0 saturated carbocycles. The summed E-state index contributed by atoms with van der Waals surface area (Å²) in [5.74, 6) is 2.01. The van der Waals surface area contributed by atoms with E-state index in [0.717, 1.165) is 36.5 Å². The van der Waals surface area contributed by atoms with Gasteiger partial charge in [-0.3, -0.25) is 4.79 Å². The fourth-order valence-electron chi connectivity index (χ4n) is 2.80. The molecule has 1 aliphatic carbocycles. The summed E-state index contributed by atoms with van der Waals surface area (Å²) in [7, 11) is 0. The minimum Gasteiger partial charge on any atom is -0.466 e. The van der Waals surface area contributed by atoms with E-state index in [1.54, 1.807) is 0 Å². The van der Waals surface area contributed by atoms with Crippen LogP contribution in [0.25, 0.3) is 0 Å². The van der Waals surface area contributed by atoms with Crippen LogP contribution in [0.15, 0.2) is 10.5 Å². The van der Waals surface area contributed by atoms with Crippen LogP contribution in [0.3, 0.4) is 0 Å². The first kappa shape index (κ1) is 14.1. The van der Waals surface area contributed by atoms with Gasteiger partial charge in [-0.2, -0.15) is 0 Å². The Hall–Kier alpha value is -1.29. The van der Waals surface area contributed by atoms with Gasteiger partial charge in [0.05, 0.1) is 12.6 Å². The van der Waals surface area contributed by atoms with Crippen molar-refractivity contribution in [2.45, 2.75) is 46.6 Å². The molecule has 4 heteroatoms. The number of likely N-dealkylation sites (N-methyl/N-ethyl adjacent to an activating group) is 1. The van der Waals surface area contributed by atoms with Crippen molar-refractivity contribution < 1.29 is 9.21 Å². The predicted octanol–water partition coefficient (Wildman–Crippen LogP) is 2.33. The van der Waals surface area contributed by atoms with Gasteiger partial charge >= 0.3 is 0 Å². The van der Waals surface area contributed by atoms with Crippen molar-refractivity contribution in [3.05, 3.63) is 23.2 Å². The van der Waals surface area contributed by atoms with Gasteiger partial charge < -0.3 is 15.1 Å². The first-order valence-corrected chi connectivity index (χ1v) is 7.00. The maximum atomic E-state index is 11.9. The third-order valence-electron chi connectivity index (χ3n) is 3.61. The zero-order valence-electron chi connectivity index (χ0n) is 12.3. The van der Waals surface area contributed by atoms with E-state index in [0.29, 0.717) is 6.54 Å². The van der Waals surface area contributed by atoms with Gasteiger partial charge in [0, 0.05) is 12.0 Å². The Bertz CT molecular complexity index is 463. The second-order valence-electron chi connectivity index (χ2n) is 6.18. The fourth-order valence-corrected chi connectivity index (χ4v) is 2.80. The van der Waals surface area contributed by atoms with E-state index in [1.165, 1.54) is 0 Å². The van der Waals surface area contributed by atoms with E-state index in [9.17, 15) is 4.79 Å². The third kappa shape index (κ3) is 3.38. The monoisotopic (exact) mass is 264 g/mol. The quantitative estimate of drug-likeness (QED) is 0.877. The molecule has 4 nitrogen and oxygen atoms in total. The molecule has 1 aromatic rings. The van der Waals surface area contributed by atoms with Gasteiger partial charge in [-0.25, -0.2) is 0 Å². The lowest BCUT2D eigenvalue weighted by Gasteiger charge is -2.34. The molecule has 1 heterocycles. The average Bonchev–Trinajstić information content (AvgIpc) is 2.65. The molecule has 0 bridgehead atoms. The minimum atomic E-state index is 0.0503. The number of aryl methyl sites for hydroxylation is 1. The predicted molar refractivity (Wildman–Crippen MR) is 75.0 cm³/mol. The molecule has 0 aliphatic heterocycles. The summed E-state index contributed by atoms with van der Waals surface area (Å²) in [6, 6.07) is 2.13. The van der Waals surface area contributed by atoms with Gasteiger partial charge in [0.25, 0.3) is 0 Å². The number of carbonyl (C=O) groups excluding carboxylic acids is 1. The van der Waals surface area contributed by atoms with Crippen LogP contribution >= 0.6 is 0 Å². The second-order valence-corrected chi connectivity index (χ2v) is 6.18. The number of furan rings is 1. The average molecular weight is 264 g/mol. The van der Waals surface area contributed by atoms with Gasteiger partial charge in [-0.05, 0) is 31.4 Å². The topological polar surface area (TPSA) is 54.3 Å². The Morgan fingerprint density at radius 1 is 1.53 bits per heavy atom. The molecule has 0 spiro atoms. The molecule has 1 aromatic heterocycles. The van der Waals surface area contributed by atoms with Gasteiger partial charge in [0.15, 0.2) is 0 Å². The van der Waals surface area contributed by atoms with E-state index in [1.807, 2.05) is 13.8 Å². The Morgan fingerprint density at radius 2 is 2.26 bits per heavy atom. The number of fused-ring (bicyclic) bond motifs is 1. The number of carbonyl (C=O) groups is 1. The number of rotatable bonds is 4. The number of hydrogen-bond acceptors (Lipinski definition) is 3. The van der Waals surface area contributed by atoms with Gasteiger partial charge in [-0.15, -0.1) is 0 Å². The smallest absolute Gasteiger partial charge is 0.234 e. The lowest BCUT2D eigenvalue weighted by atomic mass is 9.74. The molecule has 0 radical (unpaired) electrons. The Balaban J connectivity index is 2.13. The van der Waals surface area contributed by atoms with E-state index < -0.39 is 0 Å². The largest absolute Gasteiger partial charge is 0.466 e. The Labute approximate surface area is 114 Å². The van der Waals surface area contributed by atoms with Crippen molar-refractivity contribution in [2.75, 3.05) is 13.1 Å². The van der Waals surface area contributed by atoms with Crippen molar-refractivity contribution in [3.8, 4) is 0 Å². The van der Waals surface area contributed by atoms with Crippen molar-refractivity contribution >= 4 is 5.91 Å². The summed E-state index contributed by atoms with van der Waals surface area (Å²) in [4.78, 5) is 11.9. The maximum Gasteiger partial charge on any atom is 0.234 e. The maximum absolute atomic E-state index is 11.9. The highest BCUT2D eigenvalue weighted by Crippen LogP contribution is 2.41. The van der Waals surface area contributed by atoms with Gasteiger partial charge in [-0.1, -0.05) is 20.8 Å². The fraction of sp³-hybridized carbons (Fsp3) is 0.667. The summed E-state index contributed by atoms with van der Waals surface area (Å²) in [5, 5.41) is 6.17. The van der Waals surface area contributed by atoms with Crippen molar-refractivity contribution in [3.63, 3.8) is 0 Å². The number of hydrogen-bond donors (Lipinski definition) is 2. The molecular formula is C15H24N2O2. The lowest BCUT2D eigenvalue weighted by Crippen LogP contribution is -2.40. The van der Waals surface area contributed by atoms with Crippen LogP contribution in [-0.2, 0) is 11.2 Å². The molecule has 19 heavy (non-hydrogen) atoms. The summed E-state index contributed by atoms with van der Waals surface area (Å²) >= 11 is 0. The zero-order chi connectivity index (χ0) is 14.0. The van der Waals surface area contributed by atoms with Crippen LogP contribution in [-0.4, -0.2) is 19.0 Å². The first-order chi connectivity index (χ1) is 8.91. The Morgan fingerprint density at radius 3 is 2.95 bits per heavy atom. The highest BCUT2D eigenvalue weighted by atomic mass is 16.3. The van der Waals surface area contributed by atoms with Gasteiger partial charge in [0.1, 0.15) is 11.5 Å². The number of nitrogens with one attached hydrogen (secondary N) is 2. The molecule has 0 fully saturated rings. The van der Waals surface area contributed by atoms with Crippen molar-refractivity contribution in [1.82, 2.24) is 10.6 Å². The summed E-state index contributed by atoms with van der Waals surface area (Å²) in [6.45, 7) is 9.57. The third-order valence-corrected chi connectivity index (χ3v) is 3.61. The SMILES string of the molecule is CCNCC(=O)NC1CC(C)(C)Cc2oc(C)cc21. The summed E-state index contributed by atoms with van der Waals surface area (Å²) in [6.07, 6.45) is 1.90. The molecule has 2 N–H and O–H groups in total. The molecule has 0 aromatic carbocycles. The highest BCUT2D eigenvalue weighted by Gasteiger charge is 2.35. The Kier molecular flexibility index (Phi) is 3.99. The van der Waals surface area contributed by atoms with Crippen LogP contribution in [0.4, 0.5) is 0 Å². The summed E-state index contributed by atoms with van der Waals surface area (Å²) in [5.41, 5.74) is 1.31. The molecule has 106 valence electrons. The molecule has 2 rings (SSSR count). The van der Waals surface area contributed by atoms with E-state index in [2.05, 4.69) is 30.5 Å². The number of amides is 1. The van der Waals surface area contributed by atoms with Crippen molar-refractivity contribution in [2.24, 2.45) is 5.41 Å². The standard InChI is InChI=1S/C15H24N2O2/c1-5-16-9-14(18)17-12-7-15(3,4)8-13-11(12)6-10(2)19-13/h6,12,16H,5,7-9H2,1-4H3,(H,17,18). The minimum absolute atomic E-state index is 0.0503. The molecule has 1 unspecified atom stereocenters. The molecule has 1 amide bonds. The van der Waals surface area contributed by atoms with E-state index >= 15 is 0 Å². The highest BCUT2D eigenvalue weighted by molar-refractivity contribution is 5.78. The molecular weight excluding hydrogens is 240 g/mol. The van der Waals surface area contributed by atoms with E-state index in [4.69, 9.17) is 4.42 Å². The lowest BCUT2D eigenvalue weighted by molar-refractivity contribution is -0.121. The molecule has 1 atom stereocenters.